The van der Waals surface area contributed by atoms with E-state index in [1.165, 1.54) is 25.3 Å². The van der Waals surface area contributed by atoms with Crippen LogP contribution in [0.15, 0.2) is 45.1 Å². The van der Waals surface area contributed by atoms with E-state index in [2.05, 4.69) is 0 Å². The largest absolute Gasteiger partial charge is 0.506 e. The van der Waals surface area contributed by atoms with E-state index in [0.717, 1.165) is 5.57 Å². The van der Waals surface area contributed by atoms with Crippen LogP contribution in [0.5, 0.6) is 28.7 Å². The van der Waals surface area contributed by atoms with Gasteiger partial charge in [0.1, 0.15) is 28.1 Å². The summed E-state index contributed by atoms with van der Waals surface area (Å²) in [4.78, 5) is 13.5. The lowest BCUT2D eigenvalue weighted by molar-refractivity contribution is 0.0631. The SMILES string of the molecule is COc1c(-c2ccc(O)c(O)c2)oc2c(CC=C(C)C)c3c(c(O)c2c1=O)C=CC(C)(CO)O3. The molecule has 1 unspecified atom stereocenters. The Morgan fingerprint density at radius 2 is 1.91 bits per heavy atom. The first kappa shape index (κ1) is 23.3. The summed E-state index contributed by atoms with van der Waals surface area (Å²) in [5.41, 5.74) is 0.595. The van der Waals surface area contributed by atoms with E-state index >= 15 is 0 Å². The summed E-state index contributed by atoms with van der Waals surface area (Å²) < 4.78 is 17.6. The molecule has 1 aliphatic rings. The summed E-state index contributed by atoms with van der Waals surface area (Å²) in [5.74, 6) is -0.896. The number of hydrogen-bond acceptors (Lipinski definition) is 8. The van der Waals surface area contributed by atoms with Crippen LogP contribution in [0.4, 0.5) is 0 Å². The second-order valence-corrected chi connectivity index (χ2v) is 8.66. The van der Waals surface area contributed by atoms with Crippen molar-refractivity contribution in [2.45, 2.75) is 32.8 Å². The number of phenolic OH excluding ortho intramolecular Hbond substituents is 3. The van der Waals surface area contributed by atoms with Crippen molar-refractivity contribution >= 4 is 17.0 Å². The highest BCUT2D eigenvalue weighted by atomic mass is 16.5. The Balaban J connectivity index is 2.14. The summed E-state index contributed by atoms with van der Waals surface area (Å²) in [6.07, 6.45) is 5.50. The molecule has 8 nitrogen and oxygen atoms in total. The van der Waals surface area contributed by atoms with Crippen LogP contribution in [-0.2, 0) is 6.42 Å². The molecule has 4 rings (SSSR count). The monoisotopic (exact) mass is 466 g/mol. The molecule has 4 N–H and O–H groups in total. The van der Waals surface area contributed by atoms with Crippen LogP contribution in [0.25, 0.3) is 28.4 Å². The second kappa shape index (κ2) is 8.46. The van der Waals surface area contributed by atoms with Crippen LogP contribution in [0, 0.1) is 0 Å². The zero-order chi connectivity index (χ0) is 24.8. The maximum Gasteiger partial charge on any atom is 0.239 e. The minimum absolute atomic E-state index is 0.0179. The number of aliphatic hydroxyl groups is 1. The number of ether oxygens (including phenoxy) is 2. The first-order chi connectivity index (χ1) is 16.1. The summed E-state index contributed by atoms with van der Waals surface area (Å²) in [6.45, 7) is 5.26. The highest BCUT2D eigenvalue weighted by Gasteiger charge is 2.33. The first-order valence-electron chi connectivity index (χ1n) is 10.7. The average Bonchev–Trinajstić information content (AvgIpc) is 2.80. The summed E-state index contributed by atoms with van der Waals surface area (Å²) in [7, 11) is 1.30. The van der Waals surface area contributed by atoms with E-state index in [-0.39, 0.29) is 46.1 Å². The van der Waals surface area contributed by atoms with Crippen LogP contribution < -0.4 is 14.9 Å². The van der Waals surface area contributed by atoms with Gasteiger partial charge in [-0.15, -0.1) is 0 Å². The highest BCUT2D eigenvalue weighted by Crippen LogP contribution is 2.47. The van der Waals surface area contributed by atoms with Crippen LogP contribution in [0.3, 0.4) is 0 Å². The number of aliphatic hydroxyl groups excluding tert-OH is 1. The molecule has 0 saturated heterocycles. The number of rotatable bonds is 5. The lowest BCUT2D eigenvalue weighted by Crippen LogP contribution is -2.36. The van der Waals surface area contributed by atoms with E-state index in [4.69, 9.17) is 13.9 Å². The van der Waals surface area contributed by atoms with Gasteiger partial charge < -0.3 is 34.3 Å². The molecule has 178 valence electrons. The Labute approximate surface area is 195 Å². The van der Waals surface area contributed by atoms with Gasteiger partial charge in [-0.25, -0.2) is 0 Å². The van der Waals surface area contributed by atoms with Crippen LogP contribution in [0.2, 0.25) is 0 Å². The Morgan fingerprint density at radius 1 is 1.18 bits per heavy atom. The maximum atomic E-state index is 13.5. The van der Waals surface area contributed by atoms with Gasteiger partial charge in [-0.2, -0.15) is 0 Å². The number of phenols is 3. The van der Waals surface area contributed by atoms with E-state index < -0.39 is 16.8 Å². The van der Waals surface area contributed by atoms with Gasteiger partial charge >= 0.3 is 0 Å². The molecule has 1 atom stereocenters. The standard InChI is InChI=1S/C26H26O8/c1-13(2)5-7-16-23-15(9-10-26(3,12-27)34-23)20(30)19-21(31)25(32-4)22(33-24(16)19)14-6-8-17(28)18(29)11-14/h5-6,8-11,27-30H,7,12H2,1-4H3. The summed E-state index contributed by atoms with van der Waals surface area (Å²) in [5, 5.41) is 40.5. The Hall–Kier alpha value is -3.91. The van der Waals surface area contributed by atoms with Gasteiger partial charge in [0.25, 0.3) is 0 Å². The fourth-order valence-electron chi connectivity index (χ4n) is 3.87. The van der Waals surface area contributed by atoms with E-state index in [0.29, 0.717) is 23.3 Å². The van der Waals surface area contributed by atoms with Gasteiger partial charge in [0.2, 0.25) is 11.2 Å². The molecule has 0 spiro atoms. The first-order valence-corrected chi connectivity index (χ1v) is 10.7. The van der Waals surface area contributed by atoms with Crippen LogP contribution >= 0.6 is 0 Å². The molecule has 3 aromatic rings. The molecule has 2 aromatic carbocycles. The third kappa shape index (κ3) is 3.76. The van der Waals surface area contributed by atoms with Gasteiger partial charge in [-0.1, -0.05) is 11.6 Å². The molecule has 0 radical (unpaired) electrons. The van der Waals surface area contributed by atoms with Crippen molar-refractivity contribution in [2.24, 2.45) is 0 Å². The summed E-state index contributed by atoms with van der Waals surface area (Å²) >= 11 is 0. The average molecular weight is 466 g/mol. The quantitative estimate of drug-likeness (QED) is 0.324. The molecule has 0 bridgehead atoms. The number of fused-ring (bicyclic) bond motifs is 2. The van der Waals surface area contributed by atoms with Crippen molar-refractivity contribution in [1.29, 1.82) is 0 Å². The van der Waals surface area contributed by atoms with Gasteiger partial charge in [0.15, 0.2) is 17.3 Å². The molecule has 1 aromatic heterocycles. The zero-order valence-electron chi connectivity index (χ0n) is 19.3. The lowest BCUT2D eigenvalue weighted by Gasteiger charge is -2.32. The number of hydrogen-bond donors (Lipinski definition) is 4. The molecule has 0 fully saturated rings. The molecule has 1 aliphatic heterocycles. The number of methoxy groups -OCH3 is 1. The van der Waals surface area contributed by atoms with E-state index in [1.54, 1.807) is 19.1 Å². The van der Waals surface area contributed by atoms with Crippen molar-refractivity contribution in [3.8, 4) is 40.1 Å². The minimum Gasteiger partial charge on any atom is -0.506 e. The van der Waals surface area contributed by atoms with Crippen molar-refractivity contribution in [3.05, 3.63) is 57.3 Å². The van der Waals surface area contributed by atoms with Crippen molar-refractivity contribution in [2.75, 3.05) is 13.7 Å². The Kier molecular flexibility index (Phi) is 5.79. The highest BCUT2D eigenvalue weighted by molar-refractivity contribution is 5.96. The molecule has 0 amide bonds. The summed E-state index contributed by atoms with van der Waals surface area (Å²) in [6, 6.07) is 3.99. The van der Waals surface area contributed by atoms with Gasteiger partial charge in [-0.3, -0.25) is 4.79 Å². The normalized spacial score (nSPS) is 16.7. The predicted octanol–water partition coefficient (Wildman–Crippen LogP) is 4.25. The second-order valence-electron chi connectivity index (χ2n) is 8.66. The van der Waals surface area contributed by atoms with Crippen LogP contribution in [0.1, 0.15) is 31.9 Å². The predicted molar refractivity (Wildman–Crippen MR) is 128 cm³/mol. The smallest absolute Gasteiger partial charge is 0.239 e. The Bertz CT molecular complexity index is 1410. The van der Waals surface area contributed by atoms with E-state index in [9.17, 15) is 25.2 Å². The molecule has 0 saturated carbocycles. The fourth-order valence-corrected chi connectivity index (χ4v) is 3.87. The van der Waals surface area contributed by atoms with Crippen molar-refractivity contribution < 1.29 is 34.3 Å². The van der Waals surface area contributed by atoms with Gasteiger partial charge in [-0.05, 0) is 57.5 Å². The van der Waals surface area contributed by atoms with Gasteiger partial charge in [0, 0.05) is 11.1 Å². The van der Waals surface area contributed by atoms with Crippen molar-refractivity contribution in [3.63, 3.8) is 0 Å². The zero-order valence-corrected chi connectivity index (χ0v) is 19.3. The number of aromatic hydroxyl groups is 3. The molecule has 34 heavy (non-hydrogen) atoms. The van der Waals surface area contributed by atoms with E-state index in [1.807, 2.05) is 19.9 Å². The molecular formula is C26H26O8. The molecule has 8 heteroatoms. The van der Waals surface area contributed by atoms with Gasteiger partial charge in [0.05, 0.1) is 19.3 Å². The third-order valence-corrected chi connectivity index (χ3v) is 5.76. The Morgan fingerprint density at radius 3 is 2.53 bits per heavy atom. The number of allylic oxidation sites excluding steroid dienone is 2. The van der Waals surface area contributed by atoms with Crippen LogP contribution in [-0.4, -0.2) is 39.7 Å². The maximum absolute atomic E-state index is 13.5. The minimum atomic E-state index is -1.02. The molecular weight excluding hydrogens is 440 g/mol. The molecule has 0 aliphatic carbocycles. The fraction of sp³-hybridized carbons (Fsp3) is 0.269. The topological polar surface area (TPSA) is 130 Å². The number of benzene rings is 2. The van der Waals surface area contributed by atoms with Crippen molar-refractivity contribution in [1.82, 2.24) is 0 Å². The lowest BCUT2D eigenvalue weighted by atomic mass is 9.94. The molecule has 2 heterocycles. The third-order valence-electron chi connectivity index (χ3n) is 5.76.